The quantitative estimate of drug-likeness (QED) is 0.709. The number of carbonyl (C=O) groups excluding carboxylic acids is 1. The number of hydrogen-bond acceptors (Lipinski definition) is 5. The Morgan fingerprint density at radius 3 is 2.44 bits per heavy atom. The number of carbonyl (C=O) groups is 1. The van der Waals surface area contributed by atoms with Gasteiger partial charge in [0.1, 0.15) is 17.1 Å². The maximum absolute atomic E-state index is 13.0. The van der Waals surface area contributed by atoms with Gasteiger partial charge < -0.3 is 19.3 Å². The van der Waals surface area contributed by atoms with Gasteiger partial charge in [-0.1, -0.05) is 29.4 Å². The number of ether oxygens (including phenoxy) is 2. The van der Waals surface area contributed by atoms with Gasteiger partial charge in [-0.2, -0.15) is 0 Å². The average molecular weight is 366 g/mol. The first-order valence-electron chi connectivity index (χ1n) is 8.59. The minimum atomic E-state index is -0.252. The zero-order valence-corrected chi connectivity index (χ0v) is 15.8. The zero-order chi connectivity index (χ0) is 19.4. The number of methoxy groups -OCH3 is 2. The smallest absolute Gasteiger partial charge is 0.257 e. The number of para-hydroxylation sites is 1. The highest BCUT2D eigenvalue weighted by atomic mass is 16.5. The molecule has 6 heteroatoms. The van der Waals surface area contributed by atoms with Gasteiger partial charge in [-0.15, -0.1) is 0 Å². The number of aryl methyl sites for hydroxylation is 1. The number of amides is 1. The first-order chi connectivity index (χ1) is 13.0. The minimum absolute atomic E-state index is 0.191. The van der Waals surface area contributed by atoms with E-state index in [0.717, 1.165) is 11.3 Å². The van der Waals surface area contributed by atoms with E-state index in [4.69, 9.17) is 14.0 Å². The lowest BCUT2D eigenvalue weighted by Crippen LogP contribution is -2.27. The molecule has 6 nitrogen and oxygen atoms in total. The summed E-state index contributed by atoms with van der Waals surface area (Å²) < 4.78 is 16.0. The van der Waals surface area contributed by atoms with E-state index in [1.165, 1.54) is 0 Å². The number of rotatable bonds is 6. The molecular formula is C21H22N2O4. The molecule has 0 saturated carbocycles. The predicted molar refractivity (Wildman–Crippen MR) is 102 cm³/mol. The first-order valence-corrected chi connectivity index (χ1v) is 8.59. The van der Waals surface area contributed by atoms with Crippen molar-refractivity contribution in [2.24, 2.45) is 0 Å². The second kappa shape index (κ2) is 7.95. The van der Waals surface area contributed by atoms with Gasteiger partial charge >= 0.3 is 0 Å². The summed E-state index contributed by atoms with van der Waals surface area (Å²) in [7, 11) is 3.20. The van der Waals surface area contributed by atoms with E-state index < -0.39 is 0 Å². The van der Waals surface area contributed by atoms with Crippen LogP contribution in [-0.2, 0) is 0 Å². The molecule has 3 aromatic rings. The van der Waals surface area contributed by atoms with Gasteiger partial charge in [0.15, 0.2) is 5.76 Å². The predicted octanol–water partition coefficient (Wildman–Crippen LogP) is 4.16. The first kappa shape index (κ1) is 18.5. The molecule has 1 aromatic heterocycles. The Kier molecular flexibility index (Phi) is 5.45. The maximum Gasteiger partial charge on any atom is 0.257 e. The summed E-state index contributed by atoms with van der Waals surface area (Å²) in [6, 6.07) is 14.7. The normalized spacial score (nSPS) is 11.7. The fourth-order valence-electron chi connectivity index (χ4n) is 2.90. The maximum atomic E-state index is 13.0. The van der Waals surface area contributed by atoms with Crippen LogP contribution in [0.2, 0.25) is 0 Å². The molecule has 1 atom stereocenters. The summed E-state index contributed by atoms with van der Waals surface area (Å²) >= 11 is 0. The van der Waals surface area contributed by atoms with Crippen LogP contribution in [0.25, 0.3) is 11.3 Å². The van der Waals surface area contributed by atoms with Crippen LogP contribution in [0.15, 0.2) is 53.1 Å². The Hall–Kier alpha value is -3.28. The molecule has 1 amide bonds. The highest BCUT2D eigenvalue weighted by Gasteiger charge is 2.25. The monoisotopic (exact) mass is 366 g/mol. The molecule has 3 rings (SSSR count). The molecule has 2 aromatic carbocycles. The van der Waals surface area contributed by atoms with Gasteiger partial charge in [0.2, 0.25) is 0 Å². The minimum Gasteiger partial charge on any atom is -0.497 e. The lowest BCUT2D eigenvalue weighted by molar-refractivity contribution is 0.0939. The Labute approximate surface area is 158 Å². The highest BCUT2D eigenvalue weighted by molar-refractivity contribution is 6.01. The summed E-state index contributed by atoms with van der Waals surface area (Å²) in [5, 5.41) is 6.99. The largest absolute Gasteiger partial charge is 0.497 e. The van der Waals surface area contributed by atoms with E-state index in [1.54, 1.807) is 21.1 Å². The zero-order valence-electron chi connectivity index (χ0n) is 15.8. The average Bonchev–Trinajstić information content (AvgIpc) is 3.09. The molecule has 0 aliphatic carbocycles. The molecule has 0 bridgehead atoms. The third-order valence-corrected chi connectivity index (χ3v) is 4.40. The van der Waals surface area contributed by atoms with Gasteiger partial charge in [-0.3, -0.25) is 4.79 Å². The number of nitrogens with zero attached hydrogens (tertiary/aromatic N) is 1. The summed E-state index contributed by atoms with van der Waals surface area (Å²) in [5.41, 5.74) is 2.58. The molecule has 0 aliphatic rings. The van der Waals surface area contributed by atoms with E-state index in [-0.39, 0.29) is 11.9 Å². The summed E-state index contributed by atoms with van der Waals surface area (Å²) in [4.78, 5) is 13.0. The van der Waals surface area contributed by atoms with Crippen LogP contribution in [0.3, 0.4) is 0 Å². The number of hydrogen-bond donors (Lipinski definition) is 1. The summed E-state index contributed by atoms with van der Waals surface area (Å²) in [6.07, 6.45) is 0. The second-order valence-corrected chi connectivity index (χ2v) is 6.14. The van der Waals surface area contributed by atoms with Crippen molar-refractivity contribution in [3.8, 4) is 22.8 Å². The fraction of sp³-hybridized carbons (Fsp3) is 0.238. The van der Waals surface area contributed by atoms with E-state index >= 15 is 0 Å². The molecule has 27 heavy (non-hydrogen) atoms. The summed E-state index contributed by atoms with van der Waals surface area (Å²) in [5.74, 6) is 1.53. The van der Waals surface area contributed by atoms with E-state index in [9.17, 15) is 4.79 Å². The van der Waals surface area contributed by atoms with Crippen LogP contribution in [0, 0.1) is 6.92 Å². The lowest BCUT2D eigenvalue weighted by Gasteiger charge is -2.15. The third-order valence-electron chi connectivity index (χ3n) is 4.40. The molecular weight excluding hydrogens is 344 g/mol. The van der Waals surface area contributed by atoms with Crippen molar-refractivity contribution < 1.29 is 18.8 Å². The van der Waals surface area contributed by atoms with Gasteiger partial charge in [0.05, 0.1) is 31.5 Å². The number of benzene rings is 2. The molecule has 0 spiro atoms. The molecule has 1 N–H and O–H groups in total. The van der Waals surface area contributed by atoms with Crippen molar-refractivity contribution in [2.75, 3.05) is 14.2 Å². The Balaban J connectivity index is 1.88. The summed E-state index contributed by atoms with van der Waals surface area (Å²) in [6.45, 7) is 3.67. The molecule has 0 unspecified atom stereocenters. The molecule has 0 saturated heterocycles. The molecule has 1 heterocycles. The van der Waals surface area contributed by atoms with Crippen LogP contribution in [0.5, 0.6) is 11.5 Å². The Bertz CT molecular complexity index is 932. The molecule has 0 fully saturated rings. The third kappa shape index (κ3) is 3.79. The van der Waals surface area contributed by atoms with Crippen LogP contribution in [0.4, 0.5) is 0 Å². The lowest BCUT2D eigenvalue weighted by atomic mass is 10.0. The SMILES string of the molecule is COc1ccc([C@H](C)NC(=O)c2c(C)noc2-c2ccccc2OC)cc1. The van der Waals surface area contributed by atoms with Gasteiger partial charge in [0, 0.05) is 0 Å². The Morgan fingerprint density at radius 1 is 1.07 bits per heavy atom. The van der Waals surface area contributed by atoms with Crippen molar-refractivity contribution in [2.45, 2.75) is 19.9 Å². The molecule has 140 valence electrons. The van der Waals surface area contributed by atoms with Crippen LogP contribution in [-0.4, -0.2) is 25.3 Å². The number of aromatic nitrogens is 1. The van der Waals surface area contributed by atoms with Crippen LogP contribution in [0.1, 0.15) is 34.6 Å². The molecule has 0 aliphatic heterocycles. The van der Waals surface area contributed by atoms with E-state index in [2.05, 4.69) is 10.5 Å². The number of nitrogens with one attached hydrogen (secondary N) is 1. The van der Waals surface area contributed by atoms with Gasteiger partial charge in [0.25, 0.3) is 5.91 Å². The van der Waals surface area contributed by atoms with E-state index in [0.29, 0.717) is 28.3 Å². The van der Waals surface area contributed by atoms with Crippen LogP contribution >= 0.6 is 0 Å². The fourth-order valence-corrected chi connectivity index (χ4v) is 2.90. The van der Waals surface area contributed by atoms with Crippen molar-refractivity contribution >= 4 is 5.91 Å². The van der Waals surface area contributed by atoms with Gasteiger partial charge in [-0.25, -0.2) is 0 Å². The van der Waals surface area contributed by atoms with Crippen molar-refractivity contribution in [1.82, 2.24) is 10.5 Å². The topological polar surface area (TPSA) is 73.6 Å². The van der Waals surface area contributed by atoms with Gasteiger partial charge in [-0.05, 0) is 43.7 Å². The van der Waals surface area contributed by atoms with Crippen LogP contribution < -0.4 is 14.8 Å². The van der Waals surface area contributed by atoms with Crippen molar-refractivity contribution in [3.63, 3.8) is 0 Å². The standard InChI is InChI=1S/C21H22N2O4/c1-13(15-9-11-16(25-3)12-10-15)22-21(24)19-14(2)23-27-20(19)17-7-5-6-8-18(17)26-4/h5-13H,1-4H3,(H,22,24)/t13-/m0/s1. The molecule has 0 radical (unpaired) electrons. The van der Waals surface area contributed by atoms with Crippen molar-refractivity contribution in [3.05, 3.63) is 65.4 Å². The second-order valence-electron chi connectivity index (χ2n) is 6.14. The van der Waals surface area contributed by atoms with E-state index in [1.807, 2.05) is 55.5 Å². The highest BCUT2D eigenvalue weighted by Crippen LogP contribution is 2.33. The Morgan fingerprint density at radius 2 is 1.78 bits per heavy atom. The van der Waals surface area contributed by atoms with Crippen molar-refractivity contribution in [1.29, 1.82) is 0 Å².